The predicted octanol–water partition coefficient (Wildman–Crippen LogP) is 1.67. The van der Waals surface area contributed by atoms with E-state index in [9.17, 15) is 0 Å². The Balaban J connectivity index is 2.11. The molecule has 4 nitrogen and oxygen atoms in total. The van der Waals surface area contributed by atoms with Crippen LogP contribution in [-0.2, 0) is 0 Å². The second-order valence-electron chi connectivity index (χ2n) is 4.70. The molecule has 1 aromatic rings. The second-order valence-corrected chi connectivity index (χ2v) is 4.70. The standard InChI is InChI=1S/C13H22N4/c1-4-14-8-12-6-5-7-17(12)13-9-15-10(2)11(3)16-13/h9,12,14H,4-8H2,1-3H3. The fourth-order valence-electron chi connectivity index (χ4n) is 2.33. The quantitative estimate of drug-likeness (QED) is 0.860. The Morgan fingerprint density at radius 1 is 1.41 bits per heavy atom. The van der Waals surface area contributed by atoms with Gasteiger partial charge in [-0.15, -0.1) is 0 Å². The number of aromatic nitrogens is 2. The Kier molecular flexibility index (Phi) is 3.94. The number of aryl methyl sites for hydroxylation is 2. The summed E-state index contributed by atoms with van der Waals surface area (Å²) >= 11 is 0. The molecule has 0 spiro atoms. The summed E-state index contributed by atoms with van der Waals surface area (Å²) in [5.74, 6) is 1.04. The highest BCUT2D eigenvalue weighted by atomic mass is 15.2. The van der Waals surface area contributed by atoms with Gasteiger partial charge in [-0.05, 0) is 33.2 Å². The Hall–Kier alpha value is -1.16. The molecule has 2 rings (SSSR count). The molecule has 94 valence electrons. The van der Waals surface area contributed by atoms with Crippen molar-refractivity contribution in [2.75, 3.05) is 24.5 Å². The molecule has 1 atom stereocenters. The van der Waals surface area contributed by atoms with E-state index in [1.165, 1.54) is 12.8 Å². The van der Waals surface area contributed by atoms with Crippen molar-refractivity contribution in [3.63, 3.8) is 0 Å². The highest BCUT2D eigenvalue weighted by Crippen LogP contribution is 2.23. The third kappa shape index (κ3) is 2.75. The molecular formula is C13H22N4. The molecule has 1 N–H and O–H groups in total. The lowest BCUT2D eigenvalue weighted by molar-refractivity contribution is 0.583. The van der Waals surface area contributed by atoms with E-state index in [1.54, 1.807) is 0 Å². The van der Waals surface area contributed by atoms with E-state index in [2.05, 4.69) is 27.1 Å². The first-order valence-electron chi connectivity index (χ1n) is 6.50. The molecule has 0 bridgehead atoms. The molecule has 2 heterocycles. The number of hydrogen-bond donors (Lipinski definition) is 1. The van der Waals surface area contributed by atoms with E-state index < -0.39 is 0 Å². The van der Waals surface area contributed by atoms with Crippen molar-refractivity contribution < 1.29 is 0 Å². The Bertz CT molecular complexity index is 378. The van der Waals surface area contributed by atoms with Crippen molar-refractivity contribution in [3.8, 4) is 0 Å². The Morgan fingerprint density at radius 2 is 2.24 bits per heavy atom. The van der Waals surface area contributed by atoms with Gasteiger partial charge in [0, 0.05) is 19.1 Å². The molecule has 17 heavy (non-hydrogen) atoms. The van der Waals surface area contributed by atoms with Gasteiger partial charge in [-0.25, -0.2) is 4.98 Å². The average Bonchev–Trinajstić information content (AvgIpc) is 2.78. The fourth-order valence-corrected chi connectivity index (χ4v) is 2.33. The zero-order chi connectivity index (χ0) is 12.3. The minimum Gasteiger partial charge on any atom is -0.351 e. The lowest BCUT2D eigenvalue weighted by Crippen LogP contribution is -2.38. The van der Waals surface area contributed by atoms with Crippen LogP contribution in [-0.4, -0.2) is 35.6 Å². The van der Waals surface area contributed by atoms with Gasteiger partial charge in [0.15, 0.2) is 0 Å². The normalized spacial score (nSPS) is 19.9. The summed E-state index contributed by atoms with van der Waals surface area (Å²) in [7, 11) is 0. The molecular weight excluding hydrogens is 212 g/mol. The van der Waals surface area contributed by atoms with E-state index in [1.807, 2.05) is 20.0 Å². The first-order valence-corrected chi connectivity index (χ1v) is 6.50. The highest BCUT2D eigenvalue weighted by Gasteiger charge is 2.25. The zero-order valence-corrected chi connectivity index (χ0v) is 11.0. The van der Waals surface area contributed by atoms with E-state index in [4.69, 9.17) is 0 Å². The van der Waals surface area contributed by atoms with Gasteiger partial charge in [-0.1, -0.05) is 6.92 Å². The molecule has 1 aliphatic heterocycles. The van der Waals surface area contributed by atoms with E-state index in [0.717, 1.165) is 36.8 Å². The number of likely N-dealkylation sites (N-methyl/N-ethyl adjacent to an activating group) is 1. The van der Waals surface area contributed by atoms with Crippen LogP contribution in [0.25, 0.3) is 0 Å². The van der Waals surface area contributed by atoms with Crippen LogP contribution in [0.4, 0.5) is 5.82 Å². The largest absolute Gasteiger partial charge is 0.351 e. The Labute approximate surface area is 103 Å². The molecule has 1 fully saturated rings. The molecule has 0 aliphatic carbocycles. The van der Waals surface area contributed by atoms with Crippen LogP contribution >= 0.6 is 0 Å². The summed E-state index contributed by atoms with van der Waals surface area (Å²) in [5, 5.41) is 3.43. The van der Waals surface area contributed by atoms with Gasteiger partial charge in [0.1, 0.15) is 5.82 Å². The number of nitrogens with zero attached hydrogens (tertiary/aromatic N) is 3. The molecule has 0 radical (unpaired) electrons. The molecule has 1 saturated heterocycles. The van der Waals surface area contributed by atoms with Gasteiger partial charge in [-0.2, -0.15) is 0 Å². The molecule has 1 aliphatic rings. The summed E-state index contributed by atoms with van der Waals surface area (Å²) in [5.41, 5.74) is 2.06. The molecule has 0 saturated carbocycles. The van der Waals surface area contributed by atoms with Crippen LogP contribution in [0.2, 0.25) is 0 Å². The summed E-state index contributed by atoms with van der Waals surface area (Å²) in [6.45, 7) is 9.36. The highest BCUT2D eigenvalue weighted by molar-refractivity contribution is 5.40. The summed E-state index contributed by atoms with van der Waals surface area (Å²) < 4.78 is 0. The predicted molar refractivity (Wildman–Crippen MR) is 70.4 cm³/mol. The fraction of sp³-hybridized carbons (Fsp3) is 0.692. The van der Waals surface area contributed by atoms with Crippen molar-refractivity contribution in [2.24, 2.45) is 0 Å². The van der Waals surface area contributed by atoms with Crippen molar-refractivity contribution in [2.45, 2.75) is 39.7 Å². The lowest BCUT2D eigenvalue weighted by Gasteiger charge is -2.26. The van der Waals surface area contributed by atoms with E-state index >= 15 is 0 Å². The third-order valence-corrected chi connectivity index (χ3v) is 3.48. The SMILES string of the molecule is CCNCC1CCCN1c1cnc(C)c(C)n1. The maximum Gasteiger partial charge on any atom is 0.147 e. The van der Waals surface area contributed by atoms with Crippen LogP contribution in [0.3, 0.4) is 0 Å². The molecule has 0 aromatic carbocycles. The molecule has 1 unspecified atom stereocenters. The van der Waals surface area contributed by atoms with E-state index in [-0.39, 0.29) is 0 Å². The summed E-state index contributed by atoms with van der Waals surface area (Å²) in [6.07, 6.45) is 4.42. The van der Waals surface area contributed by atoms with Crippen molar-refractivity contribution in [3.05, 3.63) is 17.6 Å². The Morgan fingerprint density at radius 3 is 2.94 bits per heavy atom. The van der Waals surface area contributed by atoms with Crippen molar-refractivity contribution in [1.29, 1.82) is 0 Å². The monoisotopic (exact) mass is 234 g/mol. The van der Waals surface area contributed by atoms with Gasteiger partial charge < -0.3 is 10.2 Å². The van der Waals surface area contributed by atoms with Gasteiger partial charge in [0.25, 0.3) is 0 Å². The maximum absolute atomic E-state index is 4.65. The van der Waals surface area contributed by atoms with Crippen LogP contribution in [0, 0.1) is 13.8 Å². The van der Waals surface area contributed by atoms with Gasteiger partial charge in [0.05, 0.1) is 17.6 Å². The number of anilines is 1. The zero-order valence-electron chi connectivity index (χ0n) is 11.0. The number of hydrogen-bond acceptors (Lipinski definition) is 4. The van der Waals surface area contributed by atoms with Crippen molar-refractivity contribution in [1.82, 2.24) is 15.3 Å². The molecule has 4 heteroatoms. The van der Waals surface area contributed by atoms with Crippen molar-refractivity contribution >= 4 is 5.82 Å². The summed E-state index contributed by atoms with van der Waals surface area (Å²) in [6, 6.07) is 0.575. The lowest BCUT2D eigenvalue weighted by atomic mass is 10.2. The molecule has 0 amide bonds. The maximum atomic E-state index is 4.65. The summed E-state index contributed by atoms with van der Waals surface area (Å²) in [4.78, 5) is 11.5. The van der Waals surface area contributed by atoms with Gasteiger partial charge >= 0.3 is 0 Å². The molecule has 1 aromatic heterocycles. The first-order chi connectivity index (χ1) is 8.22. The minimum atomic E-state index is 0.575. The van der Waals surface area contributed by atoms with E-state index in [0.29, 0.717) is 6.04 Å². The van der Waals surface area contributed by atoms with Gasteiger partial charge in [0.2, 0.25) is 0 Å². The van der Waals surface area contributed by atoms with Crippen LogP contribution in [0.5, 0.6) is 0 Å². The van der Waals surface area contributed by atoms with Crippen LogP contribution < -0.4 is 10.2 Å². The first kappa shape index (κ1) is 12.3. The number of nitrogens with one attached hydrogen (secondary N) is 1. The number of rotatable bonds is 4. The average molecular weight is 234 g/mol. The van der Waals surface area contributed by atoms with Gasteiger partial charge in [-0.3, -0.25) is 4.98 Å². The topological polar surface area (TPSA) is 41.0 Å². The second kappa shape index (κ2) is 5.45. The van der Waals surface area contributed by atoms with Crippen LogP contribution in [0.1, 0.15) is 31.2 Å². The third-order valence-electron chi connectivity index (χ3n) is 3.48. The minimum absolute atomic E-state index is 0.575. The van der Waals surface area contributed by atoms with Crippen LogP contribution in [0.15, 0.2) is 6.20 Å². The smallest absolute Gasteiger partial charge is 0.147 e.